The SMILES string of the molecule is CCc1ccc(C(=O)Nc2nc(-c3ccc(CNC(C)=O)o3)cs2)o1. The minimum atomic E-state index is -0.341. The maximum Gasteiger partial charge on any atom is 0.293 e. The zero-order valence-electron chi connectivity index (χ0n) is 13.8. The van der Waals surface area contributed by atoms with E-state index in [0.717, 1.165) is 12.2 Å². The van der Waals surface area contributed by atoms with Crippen molar-refractivity contribution >= 4 is 28.3 Å². The molecule has 3 aromatic rings. The van der Waals surface area contributed by atoms with Gasteiger partial charge in [0.25, 0.3) is 5.91 Å². The molecule has 3 rings (SSSR count). The highest BCUT2D eigenvalue weighted by Crippen LogP contribution is 2.27. The standard InChI is InChI=1S/C17H17N3O4S/c1-3-11-4-7-15(23-11)16(22)20-17-19-13(9-25-17)14-6-5-12(24-14)8-18-10(2)21/h4-7,9H,3,8H2,1-2H3,(H,18,21)(H,19,20,22). The molecule has 8 heteroatoms. The van der Waals surface area contributed by atoms with E-state index in [4.69, 9.17) is 8.83 Å². The van der Waals surface area contributed by atoms with Crippen molar-refractivity contribution in [2.24, 2.45) is 0 Å². The van der Waals surface area contributed by atoms with Crippen LogP contribution in [0.2, 0.25) is 0 Å². The Morgan fingerprint density at radius 3 is 2.68 bits per heavy atom. The van der Waals surface area contributed by atoms with E-state index in [1.807, 2.05) is 6.92 Å². The second-order valence-corrected chi connectivity index (χ2v) is 6.15. The van der Waals surface area contributed by atoms with Gasteiger partial charge in [0.05, 0.1) is 6.54 Å². The molecule has 0 aliphatic heterocycles. The van der Waals surface area contributed by atoms with Crippen molar-refractivity contribution in [3.8, 4) is 11.5 Å². The lowest BCUT2D eigenvalue weighted by atomic mass is 10.3. The minimum absolute atomic E-state index is 0.124. The molecule has 2 amide bonds. The lowest BCUT2D eigenvalue weighted by molar-refractivity contribution is -0.119. The second-order valence-electron chi connectivity index (χ2n) is 5.29. The lowest BCUT2D eigenvalue weighted by Gasteiger charge is -1.98. The van der Waals surface area contributed by atoms with Gasteiger partial charge in [-0.15, -0.1) is 11.3 Å². The molecule has 0 atom stereocenters. The van der Waals surface area contributed by atoms with Gasteiger partial charge in [-0.2, -0.15) is 0 Å². The van der Waals surface area contributed by atoms with Gasteiger partial charge in [0.1, 0.15) is 17.2 Å². The Hall–Kier alpha value is -2.87. The maximum absolute atomic E-state index is 12.1. The number of aromatic nitrogens is 1. The van der Waals surface area contributed by atoms with Crippen LogP contribution in [-0.4, -0.2) is 16.8 Å². The summed E-state index contributed by atoms with van der Waals surface area (Å²) in [5, 5.41) is 7.61. The van der Waals surface area contributed by atoms with Gasteiger partial charge in [-0.25, -0.2) is 4.98 Å². The van der Waals surface area contributed by atoms with Crippen LogP contribution in [0, 0.1) is 0 Å². The van der Waals surface area contributed by atoms with Gasteiger partial charge in [0, 0.05) is 18.7 Å². The molecule has 130 valence electrons. The Kier molecular flexibility index (Phi) is 4.99. The van der Waals surface area contributed by atoms with Crippen LogP contribution in [0.5, 0.6) is 0 Å². The van der Waals surface area contributed by atoms with Crippen LogP contribution in [0.4, 0.5) is 5.13 Å². The highest BCUT2D eigenvalue weighted by molar-refractivity contribution is 7.14. The summed E-state index contributed by atoms with van der Waals surface area (Å²) < 4.78 is 11.1. The first-order valence-corrected chi connectivity index (χ1v) is 8.62. The molecule has 0 unspecified atom stereocenters. The summed E-state index contributed by atoms with van der Waals surface area (Å²) in [6, 6.07) is 6.97. The fourth-order valence-electron chi connectivity index (χ4n) is 2.12. The normalized spacial score (nSPS) is 10.6. The van der Waals surface area contributed by atoms with Crippen molar-refractivity contribution in [3.05, 3.63) is 46.9 Å². The number of amides is 2. The van der Waals surface area contributed by atoms with Gasteiger partial charge in [0.15, 0.2) is 16.7 Å². The van der Waals surface area contributed by atoms with Gasteiger partial charge < -0.3 is 14.2 Å². The number of nitrogens with zero attached hydrogens (tertiary/aromatic N) is 1. The molecule has 0 saturated carbocycles. The first-order valence-electron chi connectivity index (χ1n) is 7.74. The van der Waals surface area contributed by atoms with Crippen molar-refractivity contribution < 1.29 is 18.4 Å². The number of rotatable bonds is 6. The molecule has 0 aromatic carbocycles. The quantitative estimate of drug-likeness (QED) is 0.702. The number of thiazole rings is 1. The van der Waals surface area contributed by atoms with E-state index in [9.17, 15) is 9.59 Å². The number of hydrogen-bond donors (Lipinski definition) is 2. The molecule has 0 aliphatic rings. The second kappa shape index (κ2) is 7.35. The van der Waals surface area contributed by atoms with Gasteiger partial charge in [-0.05, 0) is 24.3 Å². The molecule has 0 saturated heterocycles. The molecule has 25 heavy (non-hydrogen) atoms. The van der Waals surface area contributed by atoms with E-state index in [1.165, 1.54) is 18.3 Å². The van der Waals surface area contributed by atoms with Crippen LogP contribution >= 0.6 is 11.3 Å². The van der Waals surface area contributed by atoms with E-state index in [1.54, 1.807) is 29.6 Å². The summed E-state index contributed by atoms with van der Waals surface area (Å²) in [6.45, 7) is 3.72. The number of nitrogens with one attached hydrogen (secondary N) is 2. The van der Waals surface area contributed by atoms with E-state index in [2.05, 4.69) is 15.6 Å². The molecule has 3 aromatic heterocycles. The molecule has 0 aliphatic carbocycles. The molecular formula is C17H17N3O4S. The predicted molar refractivity (Wildman–Crippen MR) is 93.4 cm³/mol. The fourth-order valence-corrected chi connectivity index (χ4v) is 2.81. The van der Waals surface area contributed by atoms with E-state index in [0.29, 0.717) is 28.9 Å². The number of furan rings is 2. The number of anilines is 1. The van der Waals surface area contributed by atoms with Crippen LogP contribution in [0.3, 0.4) is 0 Å². The third kappa shape index (κ3) is 4.16. The Morgan fingerprint density at radius 2 is 1.96 bits per heavy atom. The van der Waals surface area contributed by atoms with Gasteiger partial charge in [-0.1, -0.05) is 6.92 Å². The number of hydrogen-bond acceptors (Lipinski definition) is 6. The third-order valence-electron chi connectivity index (χ3n) is 3.38. The van der Waals surface area contributed by atoms with E-state index in [-0.39, 0.29) is 17.6 Å². The molecule has 2 N–H and O–H groups in total. The Bertz CT molecular complexity index is 893. The topological polar surface area (TPSA) is 97.4 Å². The zero-order chi connectivity index (χ0) is 17.8. The first kappa shape index (κ1) is 17.0. The molecule has 0 fully saturated rings. The first-order chi connectivity index (χ1) is 12.0. The van der Waals surface area contributed by atoms with E-state index < -0.39 is 0 Å². The minimum Gasteiger partial charge on any atom is -0.458 e. The van der Waals surface area contributed by atoms with Crippen LogP contribution < -0.4 is 10.6 Å². The molecule has 0 bridgehead atoms. The van der Waals surface area contributed by atoms with Crippen molar-refractivity contribution in [1.82, 2.24) is 10.3 Å². The van der Waals surface area contributed by atoms with Crippen LogP contribution in [-0.2, 0) is 17.8 Å². The molecule has 0 radical (unpaired) electrons. The van der Waals surface area contributed by atoms with Gasteiger partial charge in [-0.3, -0.25) is 14.9 Å². The number of carbonyl (C=O) groups excluding carboxylic acids is 2. The van der Waals surface area contributed by atoms with Crippen molar-refractivity contribution in [1.29, 1.82) is 0 Å². The summed E-state index contributed by atoms with van der Waals surface area (Å²) in [5.74, 6) is 1.75. The van der Waals surface area contributed by atoms with Crippen LogP contribution in [0.15, 0.2) is 38.5 Å². The molecule has 3 heterocycles. The molecule has 7 nitrogen and oxygen atoms in total. The summed E-state index contributed by atoms with van der Waals surface area (Å²) in [7, 11) is 0. The fraction of sp³-hybridized carbons (Fsp3) is 0.235. The number of aryl methyl sites for hydroxylation is 1. The van der Waals surface area contributed by atoms with Crippen LogP contribution in [0.25, 0.3) is 11.5 Å². The summed E-state index contributed by atoms with van der Waals surface area (Å²) in [6.07, 6.45) is 0.730. The van der Waals surface area contributed by atoms with Crippen LogP contribution in [0.1, 0.15) is 35.9 Å². The monoisotopic (exact) mass is 359 g/mol. The Morgan fingerprint density at radius 1 is 1.16 bits per heavy atom. The van der Waals surface area contributed by atoms with Gasteiger partial charge in [0.2, 0.25) is 5.91 Å². The van der Waals surface area contributed by atoms with E-state index >= 15 is 0 Å². The zero-order valence-corrected chi connectivity index (χ0v) is 14.6. The van der Waals surface area contributed by atoms with Crippen molar-refractivity contribution in [2.45, 2.75) is 26.8 Å². The molecular weight excluding hydrogens is 342 g/mol. The Balaban J connectivity index is 1.66. The summed E-state index contributed by atoms with van der Waals surface area (Å²) >= 11 is 1.29. The van der Waals surface area contributed by atoms with Crippen molar-refractivity contribution in [2.75, 3.05) is 5.32 Å². The molecule has 0 spiro atoms. The lowest BCUT2D eigenvalue weighted by Crippen LogP contribution is -2.18. The van der Waals surface area contributed by atoms with Gasteiger partial charge >= 0.3 is 0 Å². The van der Waals surface area contributed by atoms with Crippen molar-refractivity contribution in [3.63, 3.8) is 0 Å². The Labute approximate surface area is 148 Å². The highest BCUT2D eigenvalue weighted by Gasteiger charge is 2.14. The predicted octanol–water partition coefficient (Wildman–Crippen LogP) is 3.45. The highest BCUT2D eigenvalue weighted by atomic mass is 32.1. The summed E-state index contributed by atoms with van der Waals surface area (Å²) in [4.78, 5) is 27.4. The largest absolute Gasteiger partial charge is 0.458 e. The number of carbonyl (C=O) groups is 2. The average molecular weight is 359 g/mol. The average Bonchev–Trinajstić information content (AvgIpc) is 3.32. The smallest absolute Gasteiger partial charge is 0.293 e. The maximum atomic E-state index is 12.1. The summed E-state index contributed by atoms with van der Waals surface area (Å²) in [5.41, 5.74) is 0.614. The third-order valence-corrected chi connectivity index (χ3v) is 4.14.